The molecule has 2 rings (SSSR count). The highest BCUT2D eigenvalue weighted by Gasteiger charge is 2.08. The summed E-state index contributed by atoms with van der Waals surface area (Å²) in [5.41, 5.74) is 5.61. The molecule has 0 saturated carbocycles. The summed E-state index contributed by atoms with van der Waals surface area (Å²) in [5.74, 6) is -1.58. The molecular weight excluding hydrogens is 302 g/mol. The molecule has 2 N–H and O–H groups in total. The number of hydrogen-bond donors (Lipinski definition) is 2. The minimum Gasteiger partial charge on any atom is -0.273 e. The number of nitrogens with one attached hydrogen (secondary N) is 2. The second-order valence-corrected chi connectivity index (χ2v) is 4.99. The molecule has 0 spiro atoms. The molecule has 4 nitrogen and oxygen atoms in total. The van der Waals surface area contributed by atoms with Crippen LogP contribution in [0.1, 0.15) is 17.5 Å². The largest absolute Gasteiger partial charge is 0.273 e. The van der Waals surface area contributed by atoms with E-state index in [1.54, 1.807) is 18.2 Å². The number of hydrazine groups is 1. The molecular formula is C17H16F2N2O2. The van der Waals surface area contributed by atoms with Crippen LogP contribution >= 0.6 is 0 Å². The van der Waals surface area contributed by atoms with Crippen LogP contribution in [0.5, 0.6) is 0 Å². The van der Waals surface area contributed by atoms with E-state index >= 15 is 0 Å². The average Bonchev–Trinajstić information content (AvgIpc) is 2.54. The second kappa shape index (κ2) is 8.03. The van der Waals surface area contributed by atoms with Gasteiger partial charge in [-0.05, 0) is 35.7 Å². The minimum atomic E-state index is -0.421. The molecule has 0 saturated heterocycles. The molecule has 2 amide bonds. The van der Waals surface area contributed by atoms with Crippen LogP contribution in [-0.4, -0.2) is 11.8 Å². The molecule has 0 aromatic heterocycles. The Hall–Kier alpha value is -2.76. The van der Waals surface area contributed by atoms with Crippen molar-refractivity contribution in [3.05, 3.63) is 71.3 Å². The van der Waals surface area contributed by atoms with Crippen LogP contribution in [0.25, 0.3) is 0 Å². The predicted molar refractivity (Wildman–Crippen MR) is 81.1 cm³/mol. The Morgan fingerprint density at radius 2 is 1.52 bits per heavy atom. The van der Waals surface area contributed by atoms with Gasteiger partial charge in [-0.3, -0.25) is 20.4 Å². The van der Waals surface area contributed by atoms with E-state index in [2.05, 4.69) is 10.9 Å². The molecule has 0 atom stereocenters. The van der Waals surface area contributed by atoms with E-state index in [0.29, 0.717) is 11.1 Å². The molecule has 6 heteroatoms. The van der Waals surface area contributed by atoms with E-state index in [9.17, 15) is 18.4 Å². The maximum Gasteiger partial charge on any atom is 0.242 e. The molecule has 0 heterocycles. The van der Waals surface area contributed by atoms with Gasteiger partial charge in [-0.2, -0.15) is 0 Å². The number of benzene rings is 2. The van der Waals surface area contributed by atoms with E-state index in [0.717, 1.165) is 0 Å². The number of carbonyl (C=O) groups is 2. The van der Waals surface area contributed by atoms with Crippen molar-refractivity contribution in [3.63, 3.8) is 0 Å². The van der Waals surface area contributed by atoms with Crippen molar-refractivity contribution >= 4 is 11.8 Å². The van der Waals surface area contributed by atoms with Gasteiger partial charge in [0.2, 0.25) is 11.8 Å². The average molecular weight is 318 g/mol. The fraction of sp³-hybridized carbons (Fsp3) is 0.176. The maximum absolute atomic E-state index is 13.4. The molecule has 23 heavy (non-hydrogen) atoms. The number of amides is 2. The summed E-state index contributed by atoms with van der Waals surface area (Å²) >= 11 is 0. The smallest absolute Gasteiger partial charge is 0.242 e. The van der Waals surface area contributed by atoms with Gasteiger partial charge in [0.25, 0.3) is 0 Å². The van der Waals surface area contributed by atoms with Crippen LogP contribution in [-0.2, 0) is 22.4 Å². The van der Waals surface area contributed by atoms with Crippen LogP contribution in [0.2, 0.25) is 0 Å². The molecule has 0 bridgehead atoms. The molecule has 0 fully saturated rings. The fourth-order valence-electron chi connectivity index (χ4n) is 1.98. The number of halogens is 2. The molecule has 2 aromatic carbocycles. The predicted octanol–water partition coefficient (Wildman–Crippen LogP) is 2.29. The first-order chi connectivity index (χ1) is 11.0. The van der Waals surface area contributed by atoms with E-state index in [-0.39, 0.29) is 30.9 Å². The monoisotopic (exact) mass is 318 g/mol. The Labute approximate surface area is 132 Å². The van der Waals surface area contributed by atoms with Gasteiger partial charge in [0.05, 0.1) is 6.42 Å². The van der Waals surface area contributed by atoms with Crippen molar-refractivity contribution in [3.8, 4) is 0 Å². The number of carbonyl (C=O) groups excluding carboxylic acids is 2. The highest BCUT2D eigenvalue weighted by atomic mass is 19.1. The zero-order valence-corrected chi connectivity index (χ0v) is 12.3. The Morgan fingerprint density at radius 1 is 0.870 bits per heavy atom. The summed E-state index contributed by atoms with van der Waals surface area (Å²) in [6.45, 7) is 0. The number of aryl methyl sites for hydroxylation is 1. The number of hydrogen-bond acceptors (Lipinski definition) is 2. The van der Waals surface area contributed by atoms with Crippen LogP contribution in [0.4, 0.5) is 8.78 Å². The molecule has 120 valence electrons. The molecule has 0 aliphatic rings. The standard InChI is InChI=1S/C17H16F2N2O2/c18-14-8-5-12(6-9-14)11-17(23)21-20-16(22)10-7-13-3-1-2-4-15(13)19/h1-6,8-9H,7,10-11H2,(H,20,22)(H,21,23). The summed E-state index contributed by atoms with van der Waals surface area (Å²) in [4.78, 5) is 23.3. The van der Waals surface area contributed by atoms with E-state index in [1.165, 1.54) is 30.3 Å². The normalized spacial score (nSPS) is 10.2. The Bertz CT molecular complexity index is 687. The van der Waals surface area contributed by atoms with Crippen molar-refractivity contribution in [1.82, 2.24) is 10.9 Å². The van der Waals surface area contributed by atoms with E-state index < -0.39 is 11.8 Å². The van der Waals surface area contributed by atoms with Crippen molar-refractivity contribution in [2.45, 2.75) is 19.3 Å². The molecule has 2 aromatic rings. The lowest BCUT2D eigenvalue weighted by atomic mass is 10.1. The first-order valence-electron chi connectivity index (χ1n) is 7.10. The zero-order valence-electron chi connectivity index (χ0n) is 12.3. The van der Waals surface area contributed by atoms with Crippen molar-refractivity contribution in [2.24, 2.45) is 0 Å². The van der Waals surface area contributed by atoms with Crippen LogP contribution in [0.15, 0.2) is 48.5 Å². The third-order valence-electron chi connectivity index (χ3n) is 3.20. The summed E-state index contributed by atoms with van der Waals surface area (Å²) in [6.07, 6.45) is 0.317. The Kier molecular flexibility index (Phi) is 5.80. The van der Waals surface area contributed by atoms with Crippen LogP contribution in [0.3, 0.4) is 0 Å². The maximum atomic E-state index is 13.4. The molecule has 0 aliphatic carbocycles. The summed E-state index contributed by atoms with van der Waals surface area (Å²) in [7, 11) is 0. The third-order valence-corrected chi connectivity index (χ3v) is 3.20. The van der Waals surface area contributed by atoms with Crippen LogP contribution < -0.4 is 10.9 Å². The molecule has 0 radical (unpaired) electrons. The van der Waals surface area contributed by atoms with E-state index in [1.807, 2.05) is 0 Å². The third kappa shape index (κ3) is 5.50. The lowest BCUT2D eigenvalue weighted by molar-refractivity contribution is -0.128. The van der Waals surface area contributed by atoms with Gasteiger partial charge in [0.1, 0.15) is 11.6 Å². The molecule has 0 unspecified atom stereocenters. The summed E-state index contributed by atoms with van der Waals surface area (Å²) in [6, 6.07) is 11.7. The molecule has 0 aliphatic heterocycles. The van der Waals surface area contributed by atoms with Crippen LogP contribution in [0, 0.1) is 11.6 Å². The minimum absolute atomic E-state index is 0.0217. The van der Waals surface area contributed by atoms with Crippen molar-refractivity contribution in [2.75, 3.05) is 0 Å². The first kappa shape index (κ1) is 16.6. The topological polar surface area (TPSA) is 58.2 Å². The van der Waals surface area contributed by atoms with Crippen molar-refractivity contribution < 1.29 is 18.4 Å². The highest BCUT2D eigenvalue weighted by Crippen LogP contribution is 2.08. The van der Waals surface area contributed by atoms with Gasteiger partial charge in [-0.25, -0.2) is 8.78 Å². The lowest BCUT2D eigenvalue weighted by Crippen LogP contribution is -2.42. The first-order valence-corrected chi connectivity index (χ1v) is 7.10. The fourth-order valence-corrected chi connectivity index (χ4v) is 1.98. The van der Waals surface area contributed by atoms with Gasteiger partial charge in [0, 0.05) is 6.42 Å². The SMILES string of the molecule is O=C(CCc1ccccc1F)NNC(=O)Cc1ccc(F)cc1. The second-order valence-electron chi connectivity index (χ2n) is 4.99. The van der Waals surface area contributed by atoms with E-state index in [4.69, 9.17) is 0 Å². The summed E-state index contributed by atoms with van der Waals surface area (Å²) < 4.78 is 26.1. The Balaban J connectivity index is 1.72. The van der Waals surface area contributed by atoms with Gasteiger partial charge in [-0.1, -0.05) is 30.3 Å². The van der Waals surface area contributed by atoms with Gasteiger partial charge in [0.15, 0.2) is 0 Å². The quantitative estimate of drug-likeness (QED) is 0.831. The zero-order chi connectivity index (χ0) is 16.7. The van der Waals surface area contributed by atoms with Crippen molar-refractivity contribution in [1.29, 1.82) is 0 Å². The van der Waals surface area contributed by atoms with Gasteiger partial charge >= 0.3 is 0 Å². The van der Waals surface area contributed by atoms with Gasteiger partial charge in [-0.15, -0.1) is 0 Å². The lowest BCUT2D eigenvalue weighted by Gasteiger charge is -2.08. The summed E-state index contributed by atoms with van der Waals surface area (Å²) in [5, 5.41) is 0. The highest BCUT2D eigenvalue weighted by molar-refractivity contribution is 5.83. The number of rotatable bonds is 5. The Morgan fingerprint density at radius 3 is 2.22 bits per heavy atom. The van der Waals surface area contributed by atoms with Gasteiger partial charge < -0.3 is 0 Å².